The molecular weight excluding hydrogens is 208 g/mol. The molecule has 1 saturated carbocycles. The van der Waals surface area contributed by atoms with Gasteiger partial charge in [-0.15, -0.1) is 0 Å². The lowest BCUT2D eigenvalue weighted by Gasteiger charge is -2.07. The minimum Gasteiger partial charge on any atom is -0.360 e. The van der Waals surface area contributed by atoms with Crippen LogP contribution in [0.15, 0.2) is 15.8 Å². The average molecular weight is 224 g/mol. The van der Waals surface area contributed by atoms with Gasteiger partial charge >= 0.3 is 5.69 Å². The van der Waals surface area contributed by atoms with E-state index in [1.807, 2.05) is 6.92 Å². The number of aryl methyl sites for hydroxylation is 1. The van der Waals surface area contributed by atoms with Crippen LogP contribution in [0.25, 0.3) is 0 Å². The first-order chi connectivity index (χ1) is 7.70. The van der Waals surface area contributed by atoms with Gasteiger partial charge in [0.2, 0.25) is 0 Å². The van der Waals surface area contributed by atoms with E-state index in [4.69, 9.17) is 4.74 Å². The normalized spacial score (nSPS) is 15.3. The third kappa shape index (κ3) is 2.61. The smallest absolute Gasteiger partial charge is 0.330 e. The van der Waals surface area contributed by atoms with Crippen LogP contribution in [0, 0.1) is 5.92 Å². The number of rotatable bonds is 5. The van der Waals surface area contributed by atoms with Crippen molar-refractivity contribution >= 4 is 0 Å². The highest BCUT2D eigenvalue weighted by Crippen LogP contribution is 2.28. The molecule has 88 valence electrons. The molecule has 5 nitrogen and oxygen atoms in total. The maximum atomic E-state index is 11.4. The molecule has 1 aliphatic carbocycles. The third-order valence-corrected chi connectivity index (χ3v) is 2.75. The van der Waals surface area contributed by atoms with Crippen LogP contribution in [0.1, 0.15) is 25.3 Å². The standard InChI is InChI=1S/C11H16N2O3/c1-2-9-5-13(11(15)12-10(9)14)7-16-6-8-3-4-8/h5,8H,2-4,6-7H2,1H3,(H,12,14,15). The van der Waals surface area contributed by atoms with Crippen molar-refractivity contribution < 1.29 is 4.74 Å². The summed E-state index contributed by atoms with van der Waals surface area (Å²) in [5.41, 5.74) is -0.0986. The molecule has 0 saturated heterocycles. The van der Waals surface area contributed by atoms with E-state index in [1.165, 1.54) is 17.4 Å². The van der Waals surface area contributed by atoms with Gasteiger partial charge in [0.25, 0.3) is 5.56 Å². The van der Waals surface area contributed by atoms with Gasteiger partial charge in [-0.25, -0.2) is 4.79 Å². The first-order valence-electron chi connectivity index (χ1n) is 5.61. The Morgan fingerprint density at radius 3 is 2.88 bits per heavy atom. The highest BCUT2D eigenvalue weighted by atomic mass is 16.5. The van der Waals surface area contributed by atoms with Gasteiger partial charge in [-0.2, -0.15) is 0 Å². The lowest BCUT2D eigenvalue weighted by molar-refractivity contribution is 0.0656. The van der Waals surface area contributed by atoms with Crippen LogP contribution in [0.3, 0.4) is 0 Å². The summed E-state index contributed by atoms with van der Waals surface area (Å²) >= 11 is 0. The molecular formula is C11H16N2O3. The van der Waals surface area contributed by atoms with E-state index in [0.717, 1.165) is 0 Å². The number of nitrogens with zero attached hydrogens (tertiary/aromatic N) is 1. The van der Waals surface area contributed by atoms with E-state index in [1.54, 1.807) is 6.20 Å². The molecule has 5 heteroatoms. The zero-order chi connectivity index (χ0) is 11.5. The molecule has 1 aliphatic rings. The second-order valence-electron chi connectivity index (χ2n) is 4.18. The van der Waals surface area contributed by atoms with Gasteiger partial charge in [0, 0.05) is 11.8 Å². The summed E-state index contributed by atoms with van der Waals surface area (Å²) in [7, 11) is 0. The highest BCUT2D eigenvalue weighted by molar-refractivity contribution is 5.03. The van der Waals surface area contributed by atoms with Gasteiger partial charge < -0.3 is 4.74 Å². The summed E-state index contributed by atoms with van der Waals surface area (Å²) in [6, 6.07) is 0. The maximum absolute atomic E-state index is 11.4. The molecule has 1 heterocycles. The minimum atomic E-state index is -0.405. The van der Waals surface area contributed by atoms with E-state index in [9.17, 15) is 9.59 Å². The summed E-state index contributed by atoms with van der Waals surface area (Å²) < 4.78 is 6.81. The Bertz CT molecular complexity index is 471. The van der Waals surface area contributed by atoms with Crippen molar-refractivity contribution in [1.82, 2.24) is 9.55 Å². The van der Waals surface area contributed by atoms with Crippen LogP contribution in [0.2, 0.25) is 0 Å². The van der Waals surface area contributed by atoms with E-state index >= 15 is 0 Å². The molecule has 1 N–H and O–H groups in total. The molecule has 0 bridgehead atoms. The summed E-state index contributed by atoms with van der Waals surface area (Å²) in [4.78, 5) is 25.0. The van der Waals surface area contributed by atoms with Gasteiger partial charge in [-0.05, 0) is 25.2 Å². The van der Waals surface area contributed by atoms with Crippen LogP contribution in [-0.4, -0.2) is 16.2 Å². The topological polar surface area (TPSA) is 64.1 Å². The zero-order valence-corrected chi connectivity index (χ0v) is 9.36. The molecule has 0 unspecified atom stereocenters. The predicted octanol–water partition coefficient (Wildman–Crippen LogP) is 0.483. The van der Waals surface area contributed by atoms with Gasteiger partial charge in [0.15, 0.2) is 0 Å². The Labute approximate surface area is 93.1 Å². The van der Waals surface area contributed by atoms with E-state index < -0.39 is 5.69 Å². The SMILES string of the molecule is CCc1cn(COCC2CC2)c(=O)[nH]c1=O. The molecule has 1 aromatic rings. The number of nitrogens with one attached hydrogen (secondary N) is 1. The first-order valence-corrected chi connectivity index (χ1v) is 5.61. The van der Waals surface area contributed by atoms with Crippen LogP contribution < -0.4 is 11.2 Å². The molecule has 1 aromatic heterocycles. The van der Waals surface area contributed by atoms with Crippen molar-refractivity contribution in [2.45, 2.75) is 32.9 Å². The Balaban J connectivity index is 2.06. The van der Waals surface area contributed by atoms with Crippen LogP contribution in [-0.2, 0) is 17.9 Å². The lowest BCUT2D eigenvalue weighted by atomic mass is 10.3. The zero-order valence-electron chi connectivity index (χ0n) is 9.36. The number of hydrogen-bond acceptors (Lipinski definition) is 3. The Morgan fingerprint density at radius 1 is 1.50 bits per heavy atom. The lowest BCUT2D eigenvalue weighted by Crippen LogP contribution is -2.32. The number of aromatic amines is 1. The molecule has 0 aliphatic heterocycles. The third-order valence-electron chi connectivity index (χ3n) is 2.75. The maximum Gasteiger partial charge on any atom is 0.330 e. The van der Waals surface area contributed by atoms with Gasteiger partial charge in [0.1, 0.15) is 6.73 Å². The number of aromatic nitrogens is 2. The quantitative estimate of drug-likeness (QED) is 0.791. The number of hydrogen-bond donors (Lipinski definition) is 1. The van der Waals surface area contributed by atoms with Crippen molar-refractivity contribution in [2.75, 3.05) is 6.61 Å². The van der Waals surface area contributed by atoms with Crippen LogP contribution in [0.5, 0.6) is 0 Å². The number of H-pyrrole nitrogens is 1. The summed E-state index contributed by atoms with van der Waals surface area (Å²) in [5.74, 6) is 0.670. The fourth-order valence-corrected chi connectivity index (χ4v) is 1.50. The fourth-order valence-electron chi connectivity index (χ4n) is 1.50. The van der Waals surface area contributed by atoms with E-state index in [2.05, 4.69) is 4.98 Å². The summed E-state index contributed by atoms with van der Waals surface area (Å²) in [6.45, 7) is 2.80. The second kappa shape index (κ2) is 4.65. The molecule has 1 fully saturated rings. The van der Waals surface area contributed by atoms with E-state index in [0.29, 0.717) is 24.5 Å². The largest absolute Gasteiger partial charge is 0.360 e. The van der Waals surface area contributed by atoms with Crippen molar-refractivity contribution in [3.05, 3.63) is 32.6 Å². The van der Waals surface area contributed by atoms with Gasteiger partial charge in [-0.1, -0.05) is 6.92 Å². The monoisotopic (exact) mass is 224 g/mol. The molecule has 2 rings (SSSR count). The Kier molecular flexibility index (Phi) is 3.24. The predicted molar refractivity (Wildman–Crippen MR) is 59.4 cm³/mol. The Hall–Kier alpha value is -1.36. The fraction of sp³-hybridized carbons (Fsp3) is 0.636. The second-order valence-corrected chi connectivity index (χ2v) is 4.18. The highest BCUT2D eigenvalue weighted by Gasteiger charge is 2.21. The Morgan fingerprint density at radius 2 is 2.25 bits per heavy atom. The summed E-state index contributed by atoms with van der Waals surface area (Å²) in [6.07, 6.45) is 4.63. The van der Waals surface area contributed by atoms with E-state index in [-0.39, 0.29) is 12.3 Å². The minimum absolute atomic E-state index is 0.221. The molecule has 0 radical (unpaired) electrons. The van der Waals surface area contributed by atoms with Crippen molar-refractivity contribution in [3.63, 3.8) is 0 Å². The number of ether oxygens (including phenoxy) is 1. The van der Waals surface area contributed by atoms with Gasteiger partial charge in [-0.3, -0.25) is 14.3 Å². The first kappa shape index (κ1) is 11.1. The van der Waals surface area contributed by atoms with Crippen molar-refractivity contribution in [3.8, 4) is 0 Å². The van der Waals surface area contributed by atoms with Crippen molar-refractivity contribution in [1.29, 1.82) is 0 Å². The molecule has 0 atom stereocenters. The summed E-state index contributed by atoms with van der Waals surface area (Å²) in [5, 5.41) is 0. The van der Waals surface area contributed by atoms with Crippen LogP contribution >= 0.6 is 0 Å². The van der Waals surface area contributed by atoms with Crippen molar-refractivity contribution in [2.24, 2.45) is 5.92 Å². The van der Waals surface area contributed by atoms with Gasteiger partial charge in [0.05, 0.1) is 6.61 Å². The van der Waals surface area contributed by atoms with Crippen LogP contribution in [0.4, 0.5) is 0 Å². The molecule has 0 aromatic carbocycles. The average Bonchev–Trinajstić information content (AvgIpc) is 3.05. The molecule has 16 heavy (non-hydrogen) atoms. The molecule has 0 amide bonds. The molecule has 0 spiro atoms.